The summed E-state index contributed by atoms with van der Waals surface area (Å²) < 4.78 is 5.59. The largest absolute Gasteiger partial charge is 0.444 e. The Labute approximate surface area is 189 Å². The van der Waals surface area contributed by atoms with Crippen molar-refractivity contribution in [3.05, 3.63) is 41.0 Å². The number of halogens is 1. The number of nitrogens with zero attached hydrogens (tertiary/aromatic N) is 3. The maximum absolute atomic E-state index is 13.4. The average Bonchev–Trinajstić information content (AvgIpc) is 2.69. The first-order valence-electron chi connectivity index (χ1n) is 10.9. The van der Waals surface area contributed by atoms with Crippen LogP contribution in [0.5, 0.6) is 0 Å². The molecule has 1 aliphatic rings. The normalized spacial score (nSPS) is 17.1. The maximum atomic E-state index is 13.4. The molecule has 1 unspecified atom stereocenters. The lowest BCUT2D eigenvalue weighted by atomic mass is 9.96. The third-order valence-corrected chi connectivity index (χ3v) is 5.62. The molecule has 1 atom stereocenters. The van der Waals surface area contributed by atoms with Gasteiger partial charge >= 0.3 is 6.09 Å². The highest BCUT2D eigenvalue weighted by atomic mass is 35.5. The van der Waals surface area contributed by atoms with Crippen LogP contribution in [0.25, 0.3) is 10.9 Å². The zero-order valence-corrected chi connectivity index (χ0v) is 19.8. The molecule has 168 valence electrons. The molecule has 1 saturated heterocycles. The van der Waals surface area contributed by atoms with E-state index in [1.807, 2.05) is 63.8 Å². The van der Waals surface area contributed by atoms with Crippen molar-refractivity contribution in [2.45, 2.75) is 59.1 Å². The molecule has 7 heteroatoms. The van der Waals surface area contributed by atoms with Gasteiger partial charge in [-0.25, -0.2) is 9.78 Å². The van der Waals surface area contributed by atoms with E-state index in [-0.39, 0.29) is 24.0 Å². The third kappa shape index (κ3) is 5.88. The van der Waals surface area contributed by atoms with E-state index in [9.17, 15) is 9.59 Å². The van der Waals surface area contributed by atoms with Gasteiger partial charge in [0.25, 0.3) is 5.91 Å². The van der Waals surface area contributed by atoms with Crippen LogP contribution in [0.4, 0.5) is 4.79 Å². The molecule has 0 spiro atoms. The number of carbonyl (C=O) groups excluding carboxylic acids is 2. The van der Waals surface area contributed by atoms with Crippen LogP contribution in [-0.4, -0.2) is 58.1 Å². The summed E-state index contributed by atoms with van der Waals surface area (Å²) in [5, 5.41) is 1.11. The first-order valence-corrected chi connectivity index (χ1v) is 11.3. The lowest BCUT2D eigenvalue weighted by Gasteiger charge is -2.37. The molecule has 1 aromatic heterocycles. The van der Waals surface area contributed by atoms with E-state index < -0.39 is 5.60 Å². The molecule has 0 saturated carbocycles. The highest BCUT2D eigenvalue weighted by Gasteiger charge is 2.31. The molecule has 2 aromatic rings. The van der Waals surface area contributed by atoms with Crippen LogP contribution in [0.1, 0.15) is 57.8 Å². The fraction of sp³-hybridized carbons (Fsp3) is 0.542. The van der Waals surface area contributed by atoms with Crippen molar-refractivity contribution in [2.24, 2.45) is 5.92 Å². The van der Waals surface area contributed by atoms with E-state index in [2.05, 4.69) is 4.98 Å². The van der Waals surface area contributed by atoms with Crippen molar-refractivity contribution < 1.29 is 14.3 Å². The molecule has 0 aliphatic carbocycles. The number of benzene rings is 1. The second kappa shape index (κ2) is 9.43. The molecule has 1 aliphatic heterocycles. The molecule has 3 rings (SSSR count). The number of hydrogen-bond acceptors (Lipinski definition) is 4. The smallest absolute Gasteiger partial charge is 0.410 e. The van der Waals surface area contributed by atoms with Crippen molar-refractivity contribution in [2.75, 3.05) is 19.6 Å². The number of hydrogen-bond donors (Lipinski definition) is 0. The molecule has 2 amide bonds. The van der Waals surface area contributed by atoms with Gasteiger partial charge in [0.15, 0.2) is 0 Å². The van der Waals surface area contributed by atoms with Crippen LogP contribution in [0.2, 0.25) is 5.15 Å². The molecule has 2 heterocycles. The average molecular weight is 446 g/mol. The van der Waals surface area contributed by atoms with Gasteiger partial charge in [0, 0.05) is 31.1 Å². The number of carbonyl (C=O) groups is 2. The van der Waals surface area contributed by atoms with Crippen LogP contribution >= 0.6 is 11.6 Å². The fourth-order valence-electron chi connectivity index (χ4n) is 3.98. The summed E-state index contributed by atoms with van der Waals surface area (Å²) in [5.74, 6) is 0.148. The summed E-state index contributed by atoms with van der Waals surface area (Å²) >= 11 is 6.19. The van der Waals surface area contributed by atoms with Gasteiger partial charge < -0.3 is 14.5 Å². The summed E-state index contributed by atoms with van der Waals surface area (Å²) in [6.45, 7) is 11.4. The van der Waals surface area contributed by atoms with E-state index in [0.717, 1.165) is 18.2 Å². The zero-order chi connectivity index (χ0) is 22.8. The standard InChI is InChI=1S/C24H32ClN3O3/c1-16(2)28(23(30)31-24(3,4)5)15-17-9-8-12-27(14-17)22(29)19-13-21(25)26-20-11-7-6-10-18(19)20/h6-7,10-11,13,16-17H,8-9,12,14-15H2,1-5H3. The molecule has 0 bridgehead atoms. The topological polar surface area (TPSA) is 62.7 Å². The zero-order valence-electron chi connectivity index (χ0n) is 19.0. The van der Waals surface area contributed by atoms with Gasteiger partial charge in [-0.05, 0) is 65.5 Å². The number of rotatable bonds is 4. The summed E-state index contributed by atoms with van der Waals surface area (Å²) in [6, 6.07) is 9.21. The lowest BCUT2D eigenvalue weighted by molar-refractivity contribution is 0.0124. The van der Waals surface area contributed by atoms with Gasteiger partial charge in [-0.15, -0.1) is 0 Å². The van der Waals surface area contributed by atoms with Crippen molar-refractivity contribution in [1.82, 2.24) is 14.8 Å². The Morgan fingerprint density at radius 3 is 2.68 bits per heavy atom. The van der Waals surface area contributed by atoms with E-state index in [0.29, 0.717) is 35.9 Å². The van der Waals surface area contributed by atoms with E-state index in [4.69, 9.17) is 16.3 Å². The minimum atomic E-state index is -0.541. The van der Waals surface area contributed by atoms with Crippen molar-refractivity contribution in [3.8, 4) is 0 Å². The number of aromatic nitrogens is 1. The maximum Gasteiger partial charge on any atom is 0.410 e. The Hall–Kier alpha value is -2.34. The van der Waals surface area contributed by atoms with Gasteiger partial charge in [0.1, 0.15) is 10.8 Å². The van der Waals surface area contributed by atoms with Gasteiger partial charge in [0.05, 0.1) is 11.1 Å². The number of ether oxygens (including phenoxy) is 1. The van der Waals surface area contributed by atoms with Crippen LogP contribution in [0.3, 0.4) is 0 Å². The second-order valence-corrected chi connectivity index (χ2v) is 9.88. The Balaban J connectivity index is 1.76. The number of amides is 2. The predicted octanol–water partition coefficient (Wildman–Crippen LogP) is 5.39. The summed E-state index contributed by atoms with van der Waals surface area (Å²) in [4.78, 5) is 34.0. The van der Waals surface area contributed by atoms with Crippen LogP contribution in [0, 0.1) is 5.92 Å². The number of fused-ring (bicyclic) bond motifs is 1. The monoisotopic (exact) mass is 445 g/mol. The molecule has 0 radical (unpaired) electrons. The first kappa shape index (κ1) is 23.3. The van der Waals surface area contributed by atoms with Crippen molar-refractivity contribution in [1.29, 1.82) is 0 Å². The predicted molar refractivity (Wildman–Crippen MR) is 123 cm³/mol. The van der Waals surface area contributed by atoms with E-state index in [1.165, 1.54) is 0 Å². The van der Waals surface area contributed by atoms with Crippen LogP contribution in [0.15, 0.2) is 30.3 Å². The third-order valence-electron chi connectivity index (χ3n) is 5.43. The quantitative estimate of drug-likeness (QED) is 0.592. The lowest BCUT2D eigenvalue weighted by Crippen LogP contribution is -2.48. The van der Waals surface area contributed by atoms with E-state index in [1.54, 1.807) is 11.0 Å². The highest BCUT2D eigenvalue weighted by molar-refractivity contribution is 6.30. The Bertz CT molecular complexity index is 955. The first-order chi connectivity index (χ1) is 14.5. The summed E-state index contributed by atoms with van der Waals surface area (Å²) in [5.41, 5.74) is 0.743. The van der Waals surface area contributed by atoms with Crippen molar-refractivity contribution in [3.63, 3.8) is 0 Å². The SMILES string of the molecule is CC(C)N(CC1CCCN(C(=O)c2cc(Cl)nc3ccccc23)C1)C(=O)OC(C)(C)C. The minimum Gasteiger partial charge on any atom is -0.444 e. The van der Waals surface area contributed by atoms with Crippen LogP contribution < -0.4 is 0 Å². The van der Waals surface area contributed by atoms with Gasteiger partial charge in [-0.1, -0.05) is 29.8 Å². The minimum absolute atomic E-state index is 0.0175. The van der Waals surface area contributed by atoms with E-state index >= 15 is 0 Å². The number of likely N-dealkylation sites (tertiary alicyclic amines) is 1. The molecule has 1 aromatic carbocycles. The summed E-state index contributed by atoms with van der Waals surface area (Å²) in [7, 11) is 0. The molecule has 1 fully saturated rings. The highest BCUT2D eigenvalue weighted by Crippen LogP contribution is 2.26. The molecular formula is C24H32ClN3O3. The van der Waals surface area contributed by atoms with Crippen molar-refractivity contribution >= 4 is 34.5 Å². The fourth-order valence-corrected chi connectivity index (χ4v) is 4.18. The number of pyridine rings is 1. The molecule has 31 heavy (non-hydrogen) atoms. The van der Waals surface area contributed by atoms with Gasteiger partial charge in [-0.2, -0.15) is 0 Å². The number of piperidine rings is 1. The Morgan fingerprint density at radius 2 is 2.00 bits per heavy atom. The second-order valence-electron chi connectivity index (χ2n) is 9.50. The Morgan fingerprint density at radius 1 is 1.29 bits per heavy atom. The molecule has 6 nitrogen and oxygen atoms in total. The summed E-state index contributed by atoms with van der Waals surface area (Å²) in [6.07, 6.45) is 1.55. The molecule has 0 N–H and O–H groups in total. The van der Waals surface area contributed by atoms with Gasteiger partial charge in [-0.3, -0.25) is 4.79 Å². The number of para-hydroxylation sites is 1. The molecular weight excluding hydrogens is 414 g/mol. The van der Waals surface area contributed by atoms with Gasteiger partial charge in [0.2, 0.25) is 0 Å². The van der Waals surface area contributed by atoms with Crippen LogP contribution in [-0.2, 0) is 4.74 Å². The Kier molecular flexibility index (Phi) is 7.10.